The topological polar surface area (TPSA) is 85.8 Å². The lowest BCUT2D eigenvalue weighted by Crippen LogP contribution is -2.22. The number of nitrogens with zero attached hydrogens (tertiary/aromatic N) is 1. The first kappa shape index (κ1) is 18.6. The van der Waals surface area contributed by atoms with Crippen LogP contribution in [0, 0.1) is 30.1 Å². The van der Waals surface area contributed by atoms with Crippen LogP contribution < -0.4 is 10.7 Å². The third-order valence-corrected chi connectivity index (χ3v) is 6.99. The van der Waals surface area contributed by atoms with Crippen LogP contribution in [0.5, 0.6) is 0 Å². The lowest BCUT2D eigenvalue weighted by Gasteiger charge is -2.17. The highest BCUT2D eigenvalue weighted by Gasteiger charge is 2.42. The number of aryl methyl sites for hydroxylation is 1. The molecule has 2 aliphatic carbocycles. The standard InChI is InChI=1S/C25H23N3O2/c1-14-3-2-4-21-22(14)24(29)19(13-27-21)25(30)28-20-10-9-17(11-18(20)12-26)23-15-5-6-16(23)8-7-15/h2-4,9-11,13,15-16,23H,5-8H2,1H3,(H,27,29)(H,28,30). The number of pyridine rings is 1. The Bertz CT molecular complexity index is 1250. The molecular formula is C25H23N3O2. The van der Waals surface area contributed by atoms with E-state index in [1.807, 2.05) is 43.3 Å². The summed E-state index contributed by atoms with van der Waals surface area (Å²) < 4.78 is 0. The zero-order valence-electron chi connectivity index (χ0n) is 16.9. The van der Waals surface area contributed by atoms with Gasteiger partial charge in [-0.1, -0.05) is 18.2 Å². The first-order valence-electron chi connectivity index (χ1n) is 10.5. The van der Waals surface area contributed by atoms with E-state index in [0.717, 1.165) is 17.4 Å². The second-order valence-electron chi connectivity index (χ2n) is 8.60. The van der Waals surface area contributed by atoms with Gasteiger partial charge in [0.05, 0.1) is 11.3 Å². The van der Waals surface area contributed by atoms with Crippen molar-refractivity contribution in [1.82, 2.24) is 4.98 Å². The quantitative estimate of drug-likeness (QED) is 0.661. The fourth-order valence-electron chi connectivity index (χ4n) is 5.56. The van der Waals surface area contributed by atoms with Crippen LogP contribution in [0.4, 0.5) is 5.69 Å². The summed E-state index contributed by atoms with van der Waals surface area (Å²) in [4.78, 5) is 28.8. The summed E-state index contributed by atoms with van der Waals surface area (Å²) in [7, 11) is 0. The van der Waals surface area contributed by atoms with Gasteiger partial charge in [-0.05, 0) is 79.7 Å². The van der Waals surface area contributed by atoms with Gasteiger partial charge >= 0.3 is 0 Å². The van der Waals surface area contributed by atoms with Crippen molar-refractivity contribution in [3.05, 3.63) is 75.1 Å². The maximum Gasteiger partial charge on any atom is 0.261 e. The fraction of sp³-hybridized carbons (Fsp3) is 0.320. The van der Waals surface area contributed by atoms with Gasteiger partial charge in [-0.25, -0.2) is 0 Å². The molecule has 0 unspecified atom stereocenters. The van der Waals surface area contributed by atoms with Crippen LogP contribution in [-0.4, -0.2) is 10.9 Å². The molecule has 0 aliphatic heterocycles. The third-order valence-electron chi connectivity index (χ3n) is 6.99. The number of benzene rings is 2. The average molecular weight is 397 g/mol. The van der Waals surface area contributed by atoms with E-state index >= 15 is 0 Å². The molecule has 0 saturated heterocycles. The molecule has 2 bridgehead atoms. The van der Waals surface area contributed by atoms with Crippen molar-refractivity contribution in [2.75, 3.05) is 5.32 Å². The van der Waals surface area contributed by atoms with Gasteiger partial charge < -0.3 is 10.3 Å². The first-order chi connectivity index (χ1) is 14.6. The third kappa shape index (κ3) is 2.91. The van der Waals surface area contributed by atoms with Gasteiger partial charge in [-0.2, -0.15) is 5.26 Å². The number of nitriles is 1. The molecule has 5 nitrogen and oxygen atoms in total. The number of fused-ring (bicyclic) bond motifs is 3. The molecule has 0 radical (unpaired) electrons. The lowest BCUT2D eigenvalue weighted by atomic mass is 9.88. The molecule has 2 fully saturated rings. The fourth-order valence-corrected chi connectivity index (χ4v) is 5.56. The molecule has 1 amide bonds. The summed E-state index contributed by atoms with van der Waals surface area (Å²) >= 11 is 0. The molecule has 1 aromatic heterocycles. The average Bonchev–Trinajstić information content (AvgIpc) is 3.35. The number of hydrogen-bond acceptors (Lipinski definition) is 3. The Morgan fingerprint density at radius 1 is 1.13 bits per heavy atom. The van der Waals surface area contributed by atoms with Gasteiger partial charge in [-0.15, -0.1) is 0 Å². The van der Waals surface area contributed by atoms with Crippen molar-refractivity contribution in [3.8, 4) is 6.07 Å². The Hall–Kier alpha value is -3.39. The van der Waals surface area contributed by atoms with E-state index in [1.54, 1.807) is 0 Å². The molecule has 0 atom stereocenters. The van der Waals surface area contributed by atoms with Crippen LogP contribution in [0.25, 0.3) is 10.9 Å². The normalized spacial score (nSPS) is 22.2. The van der Waals surface area contributed by atoms with Crippen LogP contribution in [0.3, 0.4) is 0 Å². The van der Waals surface area contributed by atoms with E-state index < -0.39 is 5.91 Å². The van der Waals surface area contributed by atoms with Gasteiger partial charge in [0.2, 0.25) is 5.43 Å². The zero-order chi connectivity index (χ0) is 20.8. The molecule has 0 spiro atoms. The monoisotopic (exact) mass is 397 g/mol. The number of aromatic nitrogens is 1. The predicted octanol–water partition coefficient (Wildman–Crippen LogP) is 4.86. The van der Waals surface area contributed by atoms with Crippen LogP contribution in [-0.2, 0) is 0 Å². The smallest absolute Gasteiger partial charge is 0.261 e. The number of carbonyl (C=O) groups is 1. The molecule has 3 aromatic rings. The van der Waals surface area contributed by atoms with Crippen LogP contribution in [0.1, 0.15) is 58.6 Å². The molecule has 2 N–H and O–H groups in total. The lowest BCUT2D eigenvalue weighted by molar-refractivity contribution is 0.102. The second kappa shape index (κ2) is 7.14. The number of hydrogen-bond donors (Lipinski definition) is 2. The number of anilines is 1. The van der Waals surface area contributed by atoms with Gasteiger partial charge in [0.15, 0.2) is 0 Å². The van der Waals surface area contributed by atoms with Gasteiger partial charge in [0.1, 0.15) is 11.6 Å². The minimum atomic E-state index is -0.508. The molecule has 5 heteroatoms. The molecule has 150 valence electrons. The summed E-state index contributed by atoms with van der Waals surface area (Å²) in [5.74, 6) is 1.47. The largest absolute Gasteiger partial charge is 0.360 e. The molecular weight excluding hydrogens is 374 g/mol. The van der Waals surface area contributed by atoms with Crippen LogP contribution in [0.2, 0.25) is 0 Å². The Morgan fingerprint density at radius 3 is 2.57 bits per heavy atom. The number of rotatable bonds is 3. The number of H-pyrrole nitrogens is 1. The Morgan fingerprint density at radius 2 is 1.87 bits per heavy atom. The van der Waals surface area contributed by atoms with E-state index in [4.69, 9.17) is 0 Å². The zero-order valence-corrected chi connectivity index (χ0v) is 16.9. The van der Waals surface area contributed by atoms with E-state index in [1.165, 1.54) is 37.4 Å². The van der Waals surface area contributed by atoms with Gasteiger partial charge in [0, 0.05) is 17.1 Å². The summed E-state index contributed by atoms with van der Waals surface area (Å²) in [6.45, 7) is 1.85. The highest BCUT2D eigenvalue weighted by molar-refractivity contribution is 6.06. The van der Waals surface area contributed by atoms with Crippen molar-refractivity contribution in [3.63, 3.8) is 0 Å². The van der Waals surface area contributed by atoms with Crippen LogP contribution >= 0.6 is 0 Å². The number of carbonyl (C=O) groups excluding carboxylic acids is 1. The maximum atomic E-state index is 12.9. The highest BCUT2D eigenvalue weighted by atomic mass is 16.2. The van der Waals surface area contributed by atoms with Crippen molar-refractivity contribution in [1.29, 1.82) is 5.26 Å². The second-order valence-corrected chi connectivity index (χ2v) is 8.60. The maximum absolute atomic E-state index is 12.9. The minimum absolute atomic E-state index is 0.0404. The van der Waals surface area contributed by atoms with Crippen molar-refractivity contribution >= 4 is 22.5 Å². The number of amides is 1. The van der Waals surface area contributed by atoms with Gasteiger partial charge in [-0.3, -0.25) is 9.59 Å². The van der Waals surface area contributed by atoms with Crippen molar-refractivity contribution < 1.29 is 4.79 Å². The molecule has 2 aromatic carbocycles. The molecule has 2 aliphatic rings. The Balaban J connectivity index is 1.46. The molecule has 5 rings (SSSR count). The predicted molar refractivity (Wildman–Crippen MR) is 117 cm³/mol. The Labute approximate surface area is 174 Å². The van der Waals surface area contributed by atoms with Crippen molar-refractivity contribution in [2.45, 2.75) is 38.5 Å². The summed E-state index contributed by atoms with van der Waals surface area (Å²) in [6, 6.07) is 13.5. The van der Waals surface area contributed by atoms with E-state index in [-0.39, 0.29) is 11.0 Å². The minimum Gasteiger partial charge on any atom is -0.360 e. The first-order valence-corrected chi connectivity index (χ1v) is 10.5. The Kier molecular flexibility index (Phi) is 4.43. The number of aromatic amines is 1. The van der Waals surface area contributed by atoms with E-state index in [0.29, 0.717) is 28.1 Å². The van der Waals surface area contributed by atoms with E-state index in [9.17, 15) is 14.9 Å². The molecule has 30 heavy (non-hydrogen) atoms. The molecule has 2 saturated carbocycles. The van der Waals surface area contributed by atoms with Gasteiger partial charge in [0.25, 0.3) is 5.91 Å². The number of nitrogens with one attached hydrogen (secondary N) is 2. The molecule has 1 heterocycles. The van der Waals surface area contributed by atoms with E-state index in [2.05, 4.69) is 16.4 Å². The van der Waals surface area contributed by atoms with Crippen LogP contribution in [0.15, 0.2) is 47.4 Å². The summed E-state index contributed by atoms with van der Waals surface area (Å²) in [5, 5.41) is 13.0. The summed E-state index contributed by atoms with van der Waals surface area (Å²) in [5.41, 5.74) is 3.34. The highest BCUT2D eigenvalue weighted by Crippen LogP contribution is 2.54. The summed E-state index contributed by atoms with van der Waals surface area (Å²) in [6.07, 6.45) is 6.55. The SMILES string of the molecule is Cc1cccc2[nH]cc(C(=O)Nc3ccc(C4C5CCC4CC5)cc3C#N)c(=O)c12. The van der Waals surface area contributed by atoms with Crippen molar-refractivity contribution in [2.24, 2.45) is 11.8 Å².